The zero-order valence-electron chi connectivity index (χ0n) is 23.9. The van der Waals surface area contributed by atoms with E-state index >= 15 is 0 Å². The fourth-order valence-corrected chi connectivity index (χ4v) is 8.26. The minimum atomic E-state index is -1.82. The Hall–Kier alpha value is 0.0169. The molecular formula is C28H56O5Si. The first kappa shape index (κ1) is 30.2. The molecule has 0 saturated heterocycles. The SMILES string of the molecule is COCCOCOC[C@H]1CCC2C(C)(C)[C@@H](O[Si](C)(C)C(C)(C)C)CC[C@]2(C)[C@H]1CCCCO. The molecule has 0 aromatic carbocycles. The lowest BCUT2D eigenvalue weighted by molar-refractivity contribution is -0.162. The summed E-state index contributed by atoms with van der Waals surface area (Å²) >= 11 is 0. The summed E-state index contributed by atoms with van der Waals surface area (Å²) in [5.41, 5.74) is 0.447. The van der Waals surface area contributed by atoms with E-state index in [1.807, 2.05) is 0 Å². The molecule has 6 heteroatoms. The molecule has 1 N–H and O–H groups in total. The zero-order valence-corrected chi connectivity index (χ0v) is 24.9. The largest absolute Gasteiger partial charge is 0.413 e. The topological polar surface area (TPSA) is 57.2 Å². The van der Waals surface area contributed by atoms with Crippen LogP contribution in [-0.4, -0.2) is 59.9 Å². The van der Waals surface area contributed by atoms with Crippen molar-refractivity contribution < 1.29 is 23.7 Å². The number of unbranched alkanes of at least 4 members (excludes halogenated alkanes) is 1. The highest BCUT2D eigenvalue weighted by Gasteiger charge is 2.58. The number of aliphatic hydroxyl groups is 1. The van der Waals surface area contributed by atoms with E-state index in [9.17, 15) is 5.11 Å². The van der Waals surface area contributed by atoms with Crippen molar-refractivity contribution in [2.75, 3.05) is 40.3 Å². The molecule has 1 unspecified atom stereocenters. The molecule has 0 spiro atoms. The van der Waals surface area contributed by atoms with Crippen molar-refractivity contribution in [3.8, 4) is 0 Å². The second-order valence-electron chi connectivity index (χ2n) is 13.3. The maximum Gasteiger partial charge on any atom is 0.192 e. The van der Waals surface area contributed by atoms with Crippen LogP contribution in [0.25, 0.3) is 0 Å². The Balaban J connectivity index is 2.15. The van der Waals surface area contributed by atoms with Gasteiger partial charge in [0.25, 0.3) is 0 Å². The van der Waals surface area contributed by atoms with Gasteiger partial charge >= 0.3 is 0 Å². The summed E-state index contributed by atoms with van der Waals surface area (Å²) in [6, 6.07) is 0. The van der Waals surface area contributed by atoms with Gasteiger partial charge in [0, 0.05) is 13.7 Å². The molecule has 0 heterocycles. The average molecular weight is 501 g/mol. The molecule has 0 aromatic heterocycles. The molecule has 0 aliphatic heterocycles. The molecular weight excluding hydrogens is 444 g/mol. The fraction of sp³-hybridized carbons (Fsp3) is 1.00. The minimum absolute atomic E-state index is 0.160. The summed E-state index contributed by atoms with van der Waals surface area (Å²) < 4.78 is 23.7. The number of fused-ring (bicyclic) bond motifs is 1. The Labute approximate surface area is 211 Å². The highest BCUT2D eigenvalue weighted by molar-refractivity contribution is 6.74. The maximum absolute atomic E-state index is 9.43. The van der Waals surface area contributed by atoms with Crippen LogP contribution >= 0.6 is 0 Å². The van der Waals surface area contributed by atoms with Crippen LogP contribution in [0.3, 0.4) is 0 Å². The van der Waals surface area contributed by atoms with Crippen molar-refractivity contribution in [3.63, 3.8) is 0 Å². The van der Waals surface area contributed by atoms with Crippen molar-refractivity contribution in [1.29, 1.82) is 0 Å². The van der Waals surface area contributed by atoms with E-state index in [1.165, 1.54) is 25.7 Å². The van der Waals surface area contributed by atoms with Crippen molar-refractivity contribution in [2.24, 2.45) is 28.6 Å². The molecule has 2 aliphatic rings. The standard InChI is InChI=1S/C28H56O5Si/c1-26(2,3)34(8,9)33-25-15-16-28(6)23(12-10-11-17-29)22(13-14-24(28)27(25,4)5)20-32-21-31-19-18-30-7/h22-25,29H,10-21H2,1-9H3/t22-,23+,24?,25+,28-/m1/s1. The van der Waals surface area contributed by atoms with Gasteiger partial charge in [0.2, 0.25) is 0 Å². The van der Waals surface area contributed by atoms with Crippen LogP contribution < -0.4 is 0 Å². The second kappa shape index (κ2) is 12.5. The molecule has 2 aliphatic carbocycles. The predicted octanol–water partition coefficient (Wildman–Crippen LogP) is 6.65. The Morgan fingerprint density at radius 1 is 0.971 bits per heavy atom. The molecule has 0 aromatic rings. The molecule has 34 heavy (non-hydrogen) atoms. The molecule has 0 radical (unpaired) electrons. The van der Waals surface area contributed by atoms with E-state index in [4.69, 9.17) is 18.6 Å². The number of ether oxygens (including phenoxy) is 3. The maximum atomic E-state index is 9.43. The molecule has 5 atom stereocenters. The van der Waals surface area contributed by atoms with Gasteiger partial charge < -0.3 is 23.7 Å². The van der Waals surface area contributed by atoms with E-state index in [1.54, 1.807) is 7.11 Å². The molecule has 2 rings (SSSR count). The molecule has 5 nitrogen and oxygen atoms in total. The number of aliphatic hydroxyl groups excluding tert-OH is 1. The first-order chi connectivity index (χ1) is 15.8. The van der Waals surface area contributed by atoms with Crippen LogP contribution in [0.4, 0.5) is 0 Å². The Bertz CT molecular complexity index is 602. The Kier molecular flexibility index (Phi) is 11.1. The summed E-state index contributed by atoms with van der Waals surface area (Å²) in [4.78, 5) is 0. The molecule has 202 valence electrons. The van der Waals surface area contributed by atoms with Gasteiger partial charge in [-0.25, -0.2) is 0 Å². The van der Waals surface area contributed by atoms with Gasteiger partial charge in [-0.1, -0.05) is 48.0 Å². The van der Waals surface area contributed by atoms with Gasteiger partial charge in [-0.05, 0) is 85.2 Å². The average Bonchev–Trinajstić information content (AvgIpc) is 2.73. The summed E-state index contributed by atoms with van der Waals surface area (Å²) in [5.74, 6) is 1.82. The van der Waals surface area contributed by atoms with Crippen molar-refractivity contribution in [3.05, 3.63) is 0 Å². The smallest absolute Gasteiger partial charge is 0.192 e. The first-order valence-corrected chi connectivity index (χ1v) is 16.6. The van der Waals surface area contributed by atoms with Gasteiger partial charge in [0.15, 0.2) is 8.32 Å². The zero-order chi connectivity index (χ0) is 25.6. The van der Waals surface area contributed by atoms with Crippen LogP contribution in [-0.2, 0) is 18.6 Å². The van der Waals surface area contributed by atoms with E-state index in [0.29, 0.717) is 43.9 Å². The summed E-state index contributed by atoms with van der Waals surface area (Å²) in [6.07, 6.45) is 8.33. The van der Waals surface area contributed by atoms with Gasteiger partial charge in [-0.2, -0.15) is 0 Å². The second-order valence-corrected chi connectivity index (χ2v) is 18.1. The van der Waals surface area contributed by atoms with Crippen LogP contribution in [0.15, 0.2) is 0 Å². The quantitative estimate of drug-likeness (QED) is 0.174. The summed E-state index contributed by atoms with van der Waals surface area (Å²) in [6.45, 7) is 21.9. The highest BCUT2D eigenvalue weighted by Crippen LogP contribution is 2.63. The van der Waals surface area contributed by atoms with Crippen LogP contribution in [0.1, 0.15) is 86.5 Å². The fourth-order valence-electron chi connectivity index (χ4n) is 6.77. The first-order valence-electron chi connectivity index (χ1n) is 13.7. The lowest BCUT2D eigenvalue weighted by Crippen LogP contribution is -2.59. The van der Waals surface area contributed by atoms with Crippen molar-refractivity contribution >= 4 is 8.32 Å². The molecule has 0 amide bonds. The number of hydrogen-bond donors (Lipinski definition) is 1. The number of rotatable bonds is 13. The van der Waals surface area contributed by atoms with E-state index in [2.05, 4.69) is 54.6 Å². The number of hydrogen-bond acceptors (Lipinski definition) is 5. The highest BCUT2D eigenvalue weighted by atomic mass is 28.4. The Morgan fingerprint density at radius 2 is 1.68 bits per heavy atom. The van der Waals surface area contributed by atoms with Crippen molar-refractivity contribution in [2.45, 2.75) is 111 Å². The lowest BCUT2D eigenvalue weighted by Gasteiger charge is -2.62. The van der Waals surface area contributed by atoms with E-state index in [0.717, 1.165) is 25.9 Å². The van der Waals surface area contributed by atoms with E-state index in [-0.39, 0.29) is 22.5 Å². The van der Waals surface area contributed by atoms with Gasteiger partial charge in [0.1, 0.15) is 6.79 Å². The summed E-state index contributed by atoms with van der Waals surface area (Å²) in [5, 5.41) is 9.66. The Morgan fingerprint density at radius 3 is 2.29 bits per heavy atom. The molecule has 2 saturated carbocycles. The minimum Gasteiger partial charge on any atom is -0.413 e. The third-order valence-electron chi connectivity index (χ3n) is 9.81. The summed E-state index contributed by atoms with van der Waals surface area (Å²) in [7, 11) is -0.132. The van der Waals surface area contributed by atoms with Crippen LogP contribution in [0.5, 0.6) is 0 Å². The van der Waals surface area contributed by atoms with Crippen molar-refractivity contribution in [1.82, 2.24) is 0 Å². The third-order valence-corrected chi connectivity index (χ3v) is 14.3. The van der Waals surface area contributed by atoms with Crippen LogP contribution in [0.2, 0.25) is 18.1 Å². The predicted molar refractivity (Wildman–Crippen MR) is 142 cm³/mol. The molecule has 2 fully saturated rings. The van der Waals surface area contributed by atoms with Gasteiger partial charge in [-0.3, -0.25) is 0 Å². The lowest BCUT2D eigenvalue weighted by atomic mass is 9.45. The van der Waals surface area contributed by atoms with Crippen LogP contribution in [0, 0.1) is 28.6 Å². The monoisotopic (exact) mass is 500 g/mol. The van der Waals surface area contributed by atoms with E-state index < -0.39 is 8.32 Å². The van der Waals surface area contributed by atoms with Gasteiger partial charge in [0.05, 0.1) is 25.9 Å². The molecule has 0 bridgehead atoms. The number of methoxy groups -OCH3 is 1. The normalized spacial score (nSPS) is 31.9. The third kappa shape index (κ3) is 7.07. The van der Waals surface area contributed by atoms with Gasteiger partial charge in [-0.15, -0.1) is 0 Å².